The van der Waals surface area contributed by atoms with Gasteiger partial charge < -0.3 is 14.7 Å². The fourth-order valence-corrected chi connectivity index (χ4v) is 4.17. The largest absolute Gasteiger partial charge is 0.481 e. The molecule has 104 valence electrons. The zero-order valence-electron chi connectivity index (χ0n) is 10.9. The van der Waals surface area contributed by atoms with Crippen molar-refractivity contribution < 1.29 is 19.4 Å². The highest BCUT2D eigenvalue weighted by Gasteiger charge is 2.74. The number of carbonyl (C=O) groups excluding carboxylic acids is 1. The van der Waals surface area contributed by atoms with Gasteiger partial charge in [0.2, 0.25) is 0 Å². The number of aliphatic carboxylic acids is 1. The molecule has 1 heterocycles. The molecule has 4 aliphatic rings. The highest BCUT2D eigenvalue weighted by atomic mass is 16.6. The Morgan fingerprint density at radius 1 is 1.42 bits per heavy atom. The van der Waals surface area contributed by atoms with Crippen molar-refractivity contribution in [3.05, 3.63) is 12.7 Å². The van der Waals surface area contributed by atoms with Crippen LogP contribution in [-0.2, 0) is 9.53 Å². The zero-order chi connectivity index (χ0) is 13.7. The molecule has 1 amide bonds. The molecule has 1 aliphatic heterocycles. The van der Waals surface area contributed by atoms with Crippen LogP contribution in [0.1, 0.15) is 25.7 Å². The van der Waals surface area contributed by atoms with Crippen LogP contribution >= 0.6 is 0 Å². The Bertz CT molecular complexity index is 425. The van der Waals surface area contributed by atoms with Crippen molar-refractivity contribution in [3.8, 4) is 0 Å². The van der Waals surface area contributed by atoms with Crippen LogP contribution in [0, 0.1) is 16.7 Å². The molecule has 5 heteroatoms. The molecule has 19 heavy (non-hydrogen) atoms. The molecular formula is C14H19NO4. The molecule has 3 saturated carbocycles. The molecule has 4 fully saturated rings. The Hall–Kier alpha value is -1.52. The van der Waals surface area contributed by atoms with Crippen molar-refractivity contribution >= 4 is 12.1 Å². The highest BCUT2D eigenvalue weighted by molar-refractivity contribution is 5.79. The van der Waals surface area contributed by atoms with E-state index in [0.717, 1.165) is 32.2 Å². The van der Waals surface area contributed by atoms with E-state index in [4.69, 9.17) is 9.84 Å². The second-order valence-electron chi connectivity index (χ2n) is 6.28. The second kappa shape index (κ2) is 3.99. The summed E-state index contributed by atoms with van der Waals surface area (Å²) < 4.78 is 5.03. The molecule has 3 aliphatic carbocycles. The van der Waals surface area contributed by atoms with Crippen molar-refractivity contribution in [2.45, 2.75) is 25.7 Å². The summed E-state index contributed by atoms with van der Waals surface area (Å²) in [7, 11) is 0. The van der Waals surface area contributed by atoms with Gasteiger partial charge in [0.15, 0.2) is 0 Å². The number of hydrogen-bond acceptors (Lipinski definition) is 3. The number of carbonyl (C=O) groups is 2. The number of nitrogens with zero attached hydrogens (tertiary/aromatic N) is 1. The van der Waals surface area contributed by atoms with E-state index in [2.05, 4.69) is 6.58 Å². The average Bonchev–Trinajstić information content (AvgIpc) is 2.71. The van der Waals surface area contributed by atoms with Gasteiger partial charge in [-0.15, -0.1) is 0 Å². The van der Waals surface area contributed by atoms with E-state index >= 15 is 0 Å². The molecular weight excluding hydrogens is 246 g/mol. The number of likely N-dealkylation sites (tertiary alicyclic amines) is 1. The lowest BCUT2D eigenvalue weighted by atomic mass is 9.32. The summed E-state index contributed by atoms with van der Waals surface area (Å²) in [5, 5.41) is 9.13. The molecule has 1 N–H and O–H groups in total. The third-order valence-corrected chi connectivity index (χ3v) is 5.16. The normalized spacial score (nSPS) is 39.2. The van der Waals surface area contributed by atoms with E-state index in [1.54, 1.807) is 11.0 Å². The molecule has 0 radical (unpaired) electrons. The molecule has 0 aromatic carbocycles. The molecule has 4 rings (SSSR count). The monoisotopic (exact) mass is 265 g/mol. The van der Waals surface area contributed by atoms with Gasteiger partial charge in [0.05, 0.1) is 5.41 Å². The van der Waals surface area contributed by atoms with Crippen molar-refractivity contribution in [1.82, 2.24) is 4.90 Å². The van der Waals surface area contributed by atoms with Crippen molar-refractivity contribution in [1.29, 1.82) is 0 Å². The van der Waals surface area contributed by atoms with Gasteiger partial charge in [0.25, 0.3) is 0 Å². The minimum Gasteiger partial charge on any atom is -0.481 e. The maximum absolute atomic E-state index is 11.7. The second-order valence-corrected chi connectivity index (χ2v) is 6.28. The molecule has 0 spiro atoms. The highest BCUT2D eigenvalue weighted by Crippen LogP contribution is 2.77. The van der Waals surface area contributed by atoms with E-state index in [-0.39, 0.29) is 18.1 Å². The van der Waals surface area contributed by atoms with Crippen LogP contribution in [0.25, 0.3) is 0 Å². The minimum absolute atomic E-state index is 0.200. The summed E-state index contributed by atoms with van der Waals surface area (Å²) in [6.07, 6.45) is 4.66. The molecule has 1 atom stereocenters. The van der Waals surface area contributed by atoms with Gasteiger partial charge >= 0.3 is 12.1 Å². The van der Waals surface area contributed by atoms with Crippen LogP contribution in [0.4, 0.5) is 4.79 Å². The maximum Gasteiger partial charge on any atom is 0.410 e. The Balaban J connectivity index is 1.53. The van der Waals surface area contributed by atoms with E-state index < -0.39 is 11.4 Å². The standard InChI is InChI=1S/C14H19NO4/c1-2-5-19-12(18)15-4-3-10(6-15)13-7-14(8-13,9-13)11(16)17/h2,10H,1,3-9H2,(H,16,17). The molecule has 2 bridgehead atoms. The molecule has 1 unspecified atom stereocenters. The lowest BCUT2D eigenvalue weighted by Gasteiger charge is -2.70. The maximum atomic E-state index is 11.7. The van der Waals surface area contributed by atoms with Crippen LogP contribution in [0.3, 0.4) is 0 Å². The van der Waals surface area contributed by atoms with E-state index in [9.17, 15) is 9.59 Å². The zero-order valence-corrected chi connectivity index (χ0v) is 10.9. The average molecular weight is 265 g/mol. The third kappa shape index (κ3) is 1.67. The van der Waals surface area contributed by atoms with Gasteiger partial charge in [-0.05, 0) is 37.0 Å². The Labute approximate surface area is 112 Å². The summed E-state index contributed by atoms with van der Waals surface area (Å²) in [5.74, 6) is -0.195. The number of ether oxygens (including phenoxy) is 1. The van der Waals surface area contributed by atoms with Crippen molar-refractivity contribution in [3.63, 3.8) is 0 Å². The third-order valence-electron chi connectivity index (χ3n) is 5.16. The molecule has 5 nitrogen and oxygen atoms in total. The van der Waals surface area contributed by atoms with Crippen molar-refractivity contribution in [2.24, 2.45) is 16.7 Å². The number of rotatable bonds is 4. The van der Waals surface area contributed by atoms with Gasteiger partial charge in [-0.1, -0.05) is 12.7 Å². The first kappa shape index (κ1) is 12.5. The van der Waals surface area contributed by atoms with Crippen LogP contribution in [-0.4, -0.2) is 41.8 Å². The van der Waals surface area contributed by atoms with Crippen LogP contribution < -0.4 is 0 Å². The Kier molecular flexibility index (Phi) is 2.62. The number of carboxylic acid groups (broad SMARTS) is 1. The quantitative estimate of drug-likeness (QED) is 0.788. The molecule has 0 aromatic rings. The predicted molar refractivity (Wildman–Crippen MR) is 67.6 cm³/mol. The fourth-order valence-electron chi connectivity index (χ4n) is 4.17. The number of carboxylic acids is 1. The first-order chi connectivity index (χ1) is 9.01. The summed E-state index contributed by atoms with van der Waals surface area (Å²) in [6, 6.07) is 0. The van der Waals surface area contributed by atoms with Crippen LogP contribution in [0.5, 0.6) is 0 Å². The number of amides is 1. The smallest absolute Gasteiger partial charge is 0.410 e. The van der Waals surface area contributed by atoms with Gasteiger partial charge in [0.1, 0.15) is 6.61 Å². The summed E-state index contributed by atoms with van der Waals surface area (Å²) in [5.41, 5.74) is -0.220. The first-order valence-electron chi connectivity index (χ1n) is 6.77. The van der Waals surface area contributed by atoms with E-state index in [1.807, 2.05) is 0 Å². The first-order valence-corrected chi connectivity index (χ1v) is 6.77. The lowest BCUT2D eigenvalue weighted by molar-refractivity contribution is -0.240. The minimum atomic E-state index is -0.644. The summed E-state index contributed by atoms with van der Waals surface area (Å²) in [4.78, 5) is 24.6. The summed E-state index contributed by atoms with van der Waals surface area (Å²) >= 11 is 0. The fraction of sp³-hybridized carbons (Fsp3) is 0.714. The van der Waals surface area contributed by atoms with Gasteiger partial charge in [-0.2, -0.15) is 0 Å². The van der Waals surface area contributed by atoms with Crippen molar-refractivity contribution in [2.75, 3.05) is 19.7 Å². The topological polar surface area (TPSA) is 66.8 Å². The molecule has 0 aromatic heterocycles. The summed E-state index contributed by atoms with van der Waals surface area (Å²) in [6.45, 7) is 5.20. The lowest BCUT2D eigenvalue weighted by Crippen LogP contribution is -2.68. The van der Waals surface area contributed by atoms with Gasteiger partial charge in [-0.3, -0.25) is 4.79 Å². The Morgan fingerprint density at radius 3 is 2.68 bits per heavy atom. The van der Waals surface area contributed by atoms with Gasteiger partial charge in [-0.25, -0.2) is 4.79 Å². The SMILES string of the molecule is C=CCOC(=O)N1CCC(C23CC(C(=O)O)(C2)C3)C1. The van der Waals surface area contributed by atoms with Gasteiger partial charge in [0, 0.05) is 13.1 Å². The van der Waals surface area contributed by atoms with E-state index in [1.165, 1.54) is 0 Å². The predicted octanol–water partition coefficient (Wildman–Crippen LogP) is 1.89. The number of hydrogen-bond donors (Lipinski definition) is 1. The van der Waals surface area contributed by atoms with E-state index in [0.29, 0.717) is 12.5 Å². The Morgan fingerprint density at radius 2 is 2.11 bits per heavy atom. The van der Waals surface area contributed by atoms with Crippen LogP contribution in [0.2, 0.25) is 0 Å². The molecule has 1 saturated heterocycles. The van der Waals surface area contributed by atoms with Crippen LogP contribution in [0.15, 0.2) is 12.7 Å².